The molecule has 0 fully saturated rings. The van der Waals surface area contributed by atoms with E-state index in [0.717, 1.165) is 21.9 Å². The van der Waals surface area contributed by atoms with Crippen LogP contribution < -0.4 is 9.04 Å². The number of ether oxygens (including phenoxy) is 1. The molecule has 6 heteroatoms. The van der Waals surface area contributed by atoms with Gasteiger partial charge >= 0.3 is 0 Å². The van der Waals surface area contributed by atoms with Crippen molar-refractivity contribution in [2.75, 3.05) is 10.9 Å². The Morgan fingerprint density at radius 1 is 0.931 bits per heavy atom. The number of hydrogen-bond acceptors (Lipinski definition) is 4. The molecule has 1 amide bonds. The van der Waals surface area contributed by atoms with Crippen molar-refractivity contribution in [2.45, 2.75) is 25.2 Å². The fourth-order valence-corrected chi connectivity index (χ4v) is 4.32. The van der Waals surface area contributed by atoms with Gasteiger partial charge in [-0.15, -0.1) is 0 Å². The molecule has 0 aliphatic heterocycles. The molecule has 0 saturated heterocycles. The molecule has 3 aromatic carbocycles. The predicted molar refractivity (Wildman–Crippen MR) is 114 cm³/mol. The van der Waals surface area contributed by atoms with Crippen molar-refractivity contribution in [1.82, 2.24) is 0 Å². The van der Waals surface area contributed by atoms with E-state index < -0.39 is 22.5 Å². The highest BCUT2D eigenvalue weighted by atomic mass is 32.2. The maximum Gasteiger partial charge on any atom is 0.278 e. The van der Waals surface area contributed by atoms with Crippen LogP contribution in [0.4, 0.5) is 5.69 Å². The van der Waals surface area contributed by atoms with Crippen molar-refractivity contribution in [3.05, 3.63) is 90.0 Å². The van der Waals surface area contributed by atoms with Crippen LogP contribution in [-0.4, -0.2) is 20.9 Å². The number of anilines is 1. The minimum atomic E-state index is -4.08. The summed E-state index contributed by atoms with van der Waals surface area (Å²) < 4.78 is 32.9. The average molecular weight is 410 g/mol. The van der Waals surface area contributed by atoms with Gasteiger partial charge in [0.05, 0.1) is 10.6 Å². The number of carbonyl (C=O) groups is 1. The summed E-state index contributed by atoms with van der Waals surface area (Å²) >= 11 is 0. The maximum absolute atomic E-state index is 13.2. The third-order valence-corrected chi connectivity index (χ3v) is 6.20. The summed E-state index contributed by atoms with van der Waals surface area (Å²) in [5.74, 6) is -0.156. The van der Waals surface area contributed by atoms with Crippen LogP contribution in [0.25, 0.3) is 0 Å². The standard InChI is InChI=1S/C23H23NO4S/c1-3-19-12-14-20(15-13-19)24(29(26,27)22-10-5-4-6-11-22)23(25)17-28-21-9-7-8-18(2)16-21/h4-16H,3,17H2,1-2H3. The lowest BCUT2D eigenvalue weighted by Gasteiger charge is -2.23. The fourth-order valence-electron chi connectivity index (χ4n) is 2.89. The summed E-state index contributed by atoms with van der Waals surface area (Å²) in [6.45, 7) is 3.52. The summed E-state index contributed by atoms with van der Waals surface area (Å²) in [5.41, 5.74) is 2.32. The van der Waals surface area contributed by atoms with Gasteiger partial charge in [-0.1, -0.05) is 49.4 Å². The minimum Gasteiger partial charge on any atom is -0.484 e. The Hall–Kier alpha value is -3.12. The molecule has 5 nitrogen and oxygen atoms in total. The van der Waals surface area contributed by atoms with Crippen molar-refractivity contribution in [1.29, 1.82) is 0 Å². The van der Waals surface area contributed by atoms with Crippen LogP contribution in [0.5, 0.6) is 5.75 Å². The molecule has 0 aliphatic rings. The first-order valence-corrected chi connectivity index (χ1v) is 10.8. The molecule has 0 unspecified atom stereocenters. The third kappa shape index (κ3) is 4.84. The SMILES string of the molecule is CCc1ccc(N(C(=O)COc2cccc(C)c2)S(=O)(=O)c2ccccc2)cc1. The summed E-state index contributed by atoms with van der Waals surface area (Å²) in [5, 5.41) is 0. The van der Waals surface area contributed by atoms with E-state index in [9.17, 15) is 13.2 Å². The summed E-state index contributed by atoms with van der Waals surface area (Å²) in [6, 6.07) is 22.1. The Labute approximate surface area is 171 Å². The number of benzene rings is 3. The van der Waals surface area contributed by atoms with E-state index in [1.807, 2.05) is 38.1 Å². The Bertz CT molecular complexity index is 1080. The number of carbonyl (C=O) groups excluding carboxylic acids is 1. The molecule has 0 radical (unpaired) electrons. The second kappa shape index (κ2) is 8.92. The lowest BCUT2D eigenvalue weighted by atomic mass is 10.1. The highest BCUT2D eigenvalue weighted by Crippen LogP contribution is 2.25. The van der Waals surface area contributed by atoms with Crippen molar-refractivity contribution >= 4 is 21.6 Å². The van der Waals surface area contributed by atoms with Crippen LogP contribution >= 0.6 is 0 Å². The quantitative estimate of drug-likeness (QED) is 0.582. The molecule has 0 aliphatic carbocycles. The molecule has 3 aromatic rings. The highest BCUT2D eigenvalue weighted by molar-refractivity contribution is 7.93. The van der Waals surface area contributed by atoms with E-state index in [0.29, 0.717) is 5.75 Å². The second-order valence-corrected chi connectivity index (χ2v) is 8.39. The van der Waals surface area contributed by atoms with Gasteiger partial charge in [-0.3, -0.25) is 4.79 Å². The van der Waals surface area contributed by atoms with Gasteiger partial charge in [0.2, 0.25) is 0 Å². The first-order chi connectivity index (χ1) is 13.9. The van der Waals surface area contributed by atoms with Crippen molar-refractivity contribution in [2.24, 2.45) is 0 Å². The zero-order valence-corrected chi connectivity index (χ0v) is 17.2. The molecule has 0 heterocycles. The third-order valence-electron chi connectivity index (χ3n) is 4.44. The van der Waals surface area contributed by atoms with E-state index in [1.54, 1.807) is 42.5 Å². The molecule has 0 bridgehead atoms. The summed E-state index contributed by atoms with van der Waals surface area (Å²) in [4.78, 5) is 13.0. The molecule has 150 valence electrons. The Morgan fingerprint density at radius 2 is 1.62 bits per heavy atom. The molecule has 0 atom stereocenters. The van der Waals surface area contributed by atoms with Crippen LogP contribution in [-0.2, 0) is 21.2 Å². The monoisotopic (exact) mass is 409 g/mol. The summed E-state index contributed by atoms with van der Waals surface area (Å²) in [7, 11) is -4.08. The van der Waals surface area contributed by atoms with E-state index >= 15 is 0 Å². The topological polar surface area (TPSA) is 63.7 Å². The number of nitrogens with zero attached hydrogens (tertiary/aromatic N) is 1. The van der Waals surface area contributed by atoms with E-state index in [4.69, 9.17) is 4.74 Å². The lowest BCUT2D eigenvalue weighted by Crippen LogP contribution is -2.40. The maximum atomic E-state index is 13.2. The number of aryl methyl sites for hydroxylation is 2. The van der Waals surface area contributed by atoms with Gasteiger partial charge in [-0.2, -0.15) is 4.31 Å². The number of sulfonamides is 1. The molecule has 0 spiro atoms. The van der Waals surface area contributed by atoms with Gasteiger partial charge in [0.1, 0.15) is 5.75 Å². The normalized spacial score (nSPS) is 11.1. The van der Waals surface area contributed by atoms with Crippen molar-refractivity contribution in [3.63, 3.8) is 0 Å². The fraction of sp³-hybridized carbons (Fsp3) is 0.174. The average Bonchev–Trinajstić information content (AvgIpc) is 2.73. The van der Waals surface area contributed by atoms with E-state index in [2.05, 4.69) is 0 Å². The first kappa shape index (κ1) is 20.6. The molecule has 0 saturated carbocycles. The summed E-state index contributed by atoms with van der Waals surface area (Å²) in [6.07, 6.45) is 0.816. The van der Waals surface area contributed by atoms with Crippen LogP contribution in [0.15, 0.2) is 83.8 Å². The van der Waals surface area contributed by atoms with Gasteiger partial charge in [0.15, 0.2) is 6.61 Å². The van der Waals surface area contributed by atoms with Crippen LogP contribution in [0.2, 0.25) is 0 Å². The minimum absolute atomic E-state index is 0.0449. The van der Waals surface area contributed by atoms with Gasteiger partial charge in [0, 0.05) is 0 Å². The van der Waals surface area contributed by atoms with Gasteiger partial charge < -0.3 is 4.74 Å². The highest BCUT2D eigenvalue weighted by Gasteiger charge is 2.31. The molecule has 3 rings (SSSR count). The van der Waals surface area contributed by atoms with Crippen LogP contribution in [0, 0.1) is 6.92 Å². The largest absolute Gasteiger partial charge is 0.484 e. The number of hydrogen-bond donors (Lipinski definition) is 0. The van der Waals surface area contributed by atoms with Gasteiger partial charge in [-0.05, 0) is 60.9 Å². The van der Waals surface area contributed by atoms with Crippen molar-refractivity contribution < 1.29 is 17.9 Å². The van der Waals surface area contributed by atoms with Gasteiger partial charge in [0.25, 0.3) is 15.9 Å². The Kier molecular flexibility index (Phi) is 6.34. The predicted octanol–water partition coefficient (Wildman–Crippen LogP) is 4.36. The van der Waals surface area contributed by atoms with E-state index in [-0.39, 0.29) is 10.6 Å². The molecule has 0 aromatic heterocycles. The first-order valence-electron chi connectivity index (χ1n) is 9.33. The number of amides is 1. The molecule has 0 N–H and O–H groups in total. The number of rotatable bonds is 7. The molecule has 29 heavy (non-hydrogen) atoms. The van der Waals surface area contributed by atoms with Gasteiger partial charge in [-0.25, -0.2) is 8.42 Å². The molecular formula is C23H23NO4S. The second-order valence-electron chi connectivity index (χ2n) is 6.60. The van der Waals surface area contributed by atoms with Crippen LogP contribution in [0.1, 0.15) is 18.1 Å². The lowest BCUT2D eigenvalue weighted by molar-refractivity contribution is -0.119. The zero-order chi connectivity index (χ0) is 20.9. The molecular weight excluding hydrogens is 386 g/mol. The smallest absolute Gasteiger partial charge is 0.278 e. The van der Waals surface area contributed by atoms with Crippen LogP contribution in [0.3, 0.4) is 0 Å². The van der Waals surface area contributed by atoms with Crippen molar-refractivity contribution in [3.8, 4) is 5.75 Å². The van der Waals surface area contributed by atoms with E-state index in [1.165, 1.54) is 12.1 Å². The zero-order valence-electron chi connectivity index (χ0n) is 16.4. The Balaban J connectivity index is 1.94. The Morgan fingerprint density at radius 3 is 2.24 bits per heavy atom.